The number of aliphatic hydroxyl groups excluding tert-OH is 4. The molecule has 2 rings (SSSR count). The second-order valence-electron chi connectivity index (χ2n) is 26.2. The molecule has 0 saturated heterocycles. The van der Waals surface area contributed by atoms with Gasteiger partial charge in [-0.1, -0.05) is 118 Å². The van der Waals surface area contributed by atoms with Crippen LogP contribution in [0, 0.1) is 35.0 Å². The predicted octanol–water partition coefficient (Wildman–Crippen LogP) is -2.92. The molecule has 0 radical (unpaired) electrons. The summed E-state index contributed by atoms with van der Waals surface area (Å²) in [4.78, 5) is 177. The van der Waals surface area contributed by atoms with Gasteiger partial charge in [0.05, 0.1) is 25.4 Å². The van der Waals surface area contributed by atoms with Gasteiger partial charge in [-0.15, -0.1) is 0 Å². The summed E-state index contributed by atoms with van der Waals surface area (Å²) in [6, 6.07) is -2.28. The summed E-state index contributed by atoms with van der Waals surface area (Å²) in [5, 5.41) is 107. The molecule has 0 saturated carbocycles. The van der Waals surface area contributed by atoms with Gasteiger partial charge in [-0.3, -0.25) is 53.4 Å². The molecule has 0 aliphatic rings. The number of guanidine groups is 1. The first-order chi connectivity index (χ1) is 47.3. The van der Waals surface area contributed by atoms with Crippen molar-refractivity contribution in [2.24, 2.45) is 35.3 Å². The Morgan fingerprint density at radius 1 is 0.505 bits per heavy atom. The molecule has 11 amide bonds. The number of carboxylic acids is 2. The molecule has 2 aromatic carbocycles. The minimum atomic E-state index is -2.67. The largest absolute Gasteiger partial charge is 0.508 e. The molecular weight excluding hydrogens is 1320 g/mol. The number of amides is 11. The summed E-state index contributed by atoms with van der Waals surface area (Å²) < 4.78 is 5.38. The average molecular weight is 1430 g/mol. The Kier molecular flexibility index (Phi) is 37.8. The van der Waals surface area contributed by atoms with Crippen molar-refractivity contribution in [1.29, 1.82) is 5.41 Å². The van der Waals surface area contributed by atoms with Crippen molar-refractivity contribution in [2.45, 2.75) is 206 Å². The molecule has 0 aliphatic carbocycles. The van der Waals surface area contributed by atoms with Gasteiger partial charge in [0, 0.05) is 13.0 Å². The second-order valence-corrected chi connectivity index (χ2v) is 26.2. The highest BCUT2D eigenvalue weighted by molar-refractivity contribution is 6.00. The molecule has 0 spiro atoms. The lowest BCUT2D eigenvalue weighted by Gasteiger charge is -2.31. The van der Waals surface area contributed by atoms with Crippen molar-refractivity contribution in [3.8, 4) is 5.75 Å². The summed E-state index contributed by atoms with van der Waals surface area (Å²) in [5.74, 6) is -17.6. The van der Waals surface area contributed by atoms with E-state index in [0.29, 0.717) is 11.1 Å². The van der Waals surface area contributed by atoms with Gasteiger partial charge in [0.1, 0.15) is 72.8 Å². The van der Waals surface area contributed by atoms with E-state index < -0.39 is 187 Å². The van der Waals surface area contributed by atoms with E-state index in [9.17, 15) is 98.1 Å². The highest BCUT2D eigenvalue weighted by atomic mass is 16.5. The van der Waals surface area contributed by atoms with Crippen molar-refractivity contribution in [1.82, 2.24) is 63.8 Å². The van der Waals surface area contributed by atoms with Crippen molar-refractivity contribution in [3.05, 3.63) is 65.7 Å². The van der Waals surface area contributed by atoms with E-state index in [-0.39, 0.29) is 81.6 Å². The first-order valence-electron chi connectivity index (χ1n) is 33.2. The number of aliphatic carboxylic acids is 2. The van der Waals surface area contributed by atoms with Crippen LogP contribution in [0.15, 0.2) is 54.6 Å². The zero-order valence-corrected chi connectivity index (χ0v) is 58.8. The Bertz CT molecular complexity index is 3120. The minimum Gasteiger partial charge on any atom is -0.508 e. The standard InChI is InChI=1S/C66H104N14O21/c1-12-36(10)48(60(93)79-49(37(11)82)59(92)70-29-47(84)77-51(53(86)64(98)99)62(95)75-46(30-81)63(96)97)78-54(87)41(22-17-23-69-65(67)68)71-55(88)43(25-33(4)5)74-61(94)50(52(85)35(8)9)80-58(91)45(28-39-20-16-21-40(83)27-39)73-56(89)42(24-32(2)3)72-57(90)44(26-34(6)7)76-66(100)101-31-38-18-14-13-15-19-38/h13-16,18-21,27,32-37,41-46,48-53,81-83,85-86H,12,17,22-26,28-31H2,1-11H3,(H,70,92)(H,71,88)(H,72,90)(H,73,89)(H,74,94)(H,75,95)(H,76,100)(H,77,84)(H,78,87)(H,79,93)(H,80,91)(H,96,97)(H,98,99)(H4,67,68,69)/t36-,37-,41+,42-,43-,44+,45-,46-,48-,49-,50-,51-,52?,53?/m0/s1. The van der Waals surface area contributed by atoms with Crippen LogP contribution in [-0.4, -0.2) is 217 Å². The van der Waals surface area contributed by atoms with Crippen molar-refractivity contribution in [3.63, 3.8) is 0 Å². The van der Waals surface area contributed by atoms with E-state index in [2.05, 4.69) is 53.2 Å². The minimum absolute atomic E-state index is 0.0129. The third-order valence-electron chi connectivity index (χ3n) is 15.7. The second kappa shape index (κ2) is 43.7. The maximum absolute atomic E-state index is 14.8. The van der Waals surface area contributed by atoms with E-state index in [1.807, 2.05) is 19.2 Å². The Morgan fingerprint density at radius 2 is 0.970 bits per heavy atom. The number of phenolic OH excluding ortho intramolecular Hbond substituents is 1. The molecule has 35 nitrogen and oxygen atoms in total. The summed E-state index contributed by atoms with van der Waals surface area (Å²) in [5.41, 5.74) is 6.52. The number of phenols is 1. The fourth-order valence-corrected chi connectivity index (χ4v) is 9.95. The molecule has 22 N–H and O–H groups in total. The van der Waals surface area contributed by atoms with Gasteiger partial charge >= 0.3 is 18.0 Å². The number of nitrogens with two attached hydrogens (primary N) is 1. The van der Waals surface area contributed by atoms with Gasteiger partial charge in [-0.2, -0.15) is 0 Å². The number of aromatic hydroxyl groups is 1. The maximum Gasteiger partial charge on any atom is 0.408 e. The predicted molar refractivity (Wildman–Crippen MR) is 364 cm³/mol. The zero-order chi connectivity index (χ0) is 76.5. The molecule has 0 aromatic heterocycles. The van der Waals surface area contributed by atoms with Gasteiger partial charge in [0.2, 0.25) is 59.1 Å². The van der Waals surface area contributed by atoms with Crippen LogP contribution in [0.3, 0.4) is 0 Å². The number of benzene rings is 2. The van der Waals surface area contributed by atoms with E-state index in [0.717, 1.165) is 6.92 Å². The van der Waals surface area contributed by atoms with E-state index in [1.54, 1.807) is 76.3 Å². The lowest BCUT2D eigenvalue weighted by atomic mass is 9.96. The highest BCUT2D eigenvalue weighted by Gasteiger charge is 2.41. The van der Waals surface area contributed by atoms with E-state index in [4.69, 9.17) is 15.9 Å². The molecule has 2 aromatic rings. The van der Waals surface area contributed by atoms with Crippen molar-refractivity contribution in [2.75, 3.05) is 19.7 Å². The van der Waals surface area contributed by atoms with Gasteiger partial charge < -0.3 is 110 Å². The first kappa shape index (κ1) is 87.3. The van der Waals surface area contributed by atoms with Crippen LogP contribution in [0.5, 0.6) is 5.75 Å². The van der Waals surface area contributed by atoms with E-state index >= 15 is 0 Å². The van der Waals surface area contributed by atoms with Crippen molar-refractivity contribution >= 4 is 83.1 Å². The lowest BCUT2D eigenvalue weighted by Crippen LogP contribution is -2.63. The number of rotatable bonds is 44. The molecule has 2 unspecified atom stereocenters. The lowest BCUT2D eigenvalue weighted by molar-refractivity contribution is -0.152. The number of aliphatic hydroxyl groups is 4. The van der Waals surface area contributed by atoms with Crippen LogP contribution in [0.1, 0.15) is 126 Å². The Morgan fingerprint density at radius 3 is 1.47 bits per heavy atom. The third kappa shape index (κ3) is 31.6. The van der Waals surface area contributed by atoms with Crippen LogP contribution >= 0.6 is 0 Å². The zero-order valence-electron chi connectivity index (χ0n) is 58.8. The van der Waals surface area contributed by atoms with Gasteiger partial charge in [0.15, 0.2) is 12.1 Å². The van der Waals surface area contributed by atoms with Crippen molar-refractivity contribution < 1.29 is 103 Å². The molecule has 0 aliphatic heterocycles. The number of hydrogen-bond acceptors (Lipinski definition) is 20. The molecule has 35 heteroatoms. The monoisotopic (exact) mass is 1430 g/mol. The number of alkyl carbamates (subject to hydrolysis) is 1. The Labute approximate surface area is 586 Å². The normalized spacial score (nSPS) is 15.4. The van der Waals surface area contributed by atoms with Gasteiger partial charge in [0.25, 0.3) is 0 Å². The summed E-state index contributed by atoms with van der Waals surface area (Å²) in [6.45, 7) is 15.6. The number of carbonyl (C=O) groups excluding carboxylic acids is 11. The maximum atomic E-state index is 14.8. The molecule has 0 heterocycles. The average Bonchev–Trinajstić information content (AvgIpc) is 0.848. The third-order valence-corrected chi connectivity index (χ3v) is 15.7. The number of hydrogen-bond donors (Lipinski definition) is 21. The number of carbonyl (C=O) groups is 13. The van der Waals surface area contributed by atoms with Crippen LogP contribution < -0.4 is 69.5 Å². The highest BCUT2D eigenvalue weighted by Crippen LogP contribution is 2.18. The molecule has 101 heavy (non-hydrogen) atoms. The number of carboxylic acid groups (broad SMARTS) is 2. The topological polar surface area (TPSA) is 567 Å². The number of nitrogens with one attached hydrogen (secondary N) is 13. The molecular formula is C66H104N14O21. The fourth-order valence-electron chi connectivity index (χ4n) is 9.95. The van der Waals surface area contributed by atoms with Crippen LogP contribution in [0.25, 0.3) is 0 Å². The molecule has 0 bridgehead atoms. The van der Waals surface area contributed by atoms with Gasteiger partial charge in [-0.25, -0.2) is 14.4 Å². The molecule has 14 atom stereocenters. The van der Waals surface area contributed by atoms with Gasteiger partial charge in [-0.05, 0) is 91.9 Å². The SMILES string of the molecule is CC[C@H](C)[C@H](NC(=O)[C@@H](CCCNC(=N)N)NC(=O)[C@H](CC(C)C)NC(=O)[C@@H](NC(=O)[C@H](Cc1cccc(O)c1)NC(=O)[C@H](CC(C)C)NC(=O)[C@@H](CC(C)C)NC(=O)OCc1ccccc1)C(O)C(C)C)C(=O)N[C@H](C(=O)NCC(=O)N[C@H](C(=O)N[C@@H](CO)C(=O)O)C(O)C(=O)O)[C@H](C)O. The van der Waals surface area contributed by atoms with E-state index in [1.165, 1.54) is 39.0 Å². The molecule has 564 valence electrons. The quantitative estimate of drug-likeness (QED) is 0.0179. The summed E-state index contributed by atoms with van der Waals surface area (Å²) in [6.07, 6.45) is -7.27. The summed E-state index contributed by atoms with van der Waals surface area (Å²) >= 11 is 0. The van der Waals surface area contributed by atoms with Crippen LogP contribution in [-0.2, 0) is 75.3 Å². The smallest absolute Gasteiger partial charge is 0.408 e. The van der Waals surface area contributed by atoms with Crippen LogP contribution in [0.4, 0.5) is 4.79 Å². The molecule has 0 fully saturated rings. The first-order valence-corrected chi connectivity index (χ1v) is 33.2. The Hall–Kier alpha value is -9.74. The Balaban J connectivity index is 2.54. The fraction of sp³-hybridized carbons (Fsp3) is 0.606. The van der Waals surface area contributed by atoms with Crippen LogP contribution in [0.2, 0.25) is 0 Å². The number of ether oxygens (including phenoxy) is 1. The summed E-state index contributed by atoms with van der Waals surface area (Å²) in [7, 11) is 0.